The van der Waals surface area contributed by atoms with Crippen molar-refractivity contribution >= 4 is 5.91 Å². The molecule has 2 rings (SSSR count). The van der Waals surface area contributed by atoms with Crippen LogP contribution in [0.15, 0.2) is 24.3 Å². The van der Waals surface area contributed by atoms with E-state index in [1.165, 1.54) is 19.3 Å². The molecule has 4 heteroatoms. The first kappa shape index (κ1) is 14.9. The summed E-state index contributed by atoms with van der Waals surface area (Å²) in [6.07, 6.45) is 3.70. The third-order valence-corrected chi connectivity index (χ3v) is 3.94. The van der Waals surface area contributed by atoms with E-state index >= 15 is 0 Å². The summed E-state index contributed by atoms with van der Waals surface area (Å²) in [7, 11) is 1.65. The Hall–Kier alpha value is -1.55. The molecule has 110 valence electrons. The topological polar surface area (TPSA) is 41.6 Å². The van der Waals surface area contributed by atoms with Crippen LogP contribution in [0.5, 0.6) is 5.75 Å². The standard InChI is InChI=1S/C16H24N2O2/c1-13(18-10-4-3-5-11-18)16(19)17-12-14-6-8-15(20-2)9-7-14/h6-9,13H,3-5,10-12H2,1-2H3,(H,17,19)/t13-/m0/s1. The molecular formula is C16H24N2O2. The molecule has 1 aromatic rings. The molecule has 1 aliphatic rings. The number of rotatable bonds is 5. The van der Waals surface area contributed by atoms with Gasteiger partial charge in [0.25, 0.3) is 0 Å². The summed E-state index contributed by atoms with van der Waals surface area (Å²) in [5, 5.41) is 3.01. The molecule has 0 spiro atoms. The minimum atomic E-state index is -0.0338. The predicted molar refractivity (Wildman–Crippen MR) is 79.7 cm³/mol. The van der Waals surface area contributed by atoms with Gasteiger partial charge >= 0.3 is 0 Å². The number of benzene rings is 1. The van der Waals surface area contributed by atoms with Crippen LogP contribution in [0.4, 0.5) is 0 Å². The fraction of sp³-hybridized carbons (Fsp3) is 0.562. The summed E-state index contributed by atoms with van der Waals surface area (Å²) in [6.45, 7) is 4.64. The largest absolute Gasteiger partial charge is 0.497 e. The summed E-state index contributed by atoms with van der Waals surface area (Å²) in [4.78, 5) is 14.4. The zero-order valence-electron chi connectivity index (χ0n) is 12.4. The summed E-state index contributed by atoms with van der Waals surface area (Å²) in [5.41, 5.74) is 1.09. The number of piperidine rings is 1. The lowest BCUT2D eigenvalue weighted by Gasteiger charge is -2.31. The second kappa shape index (κ2) is 7.29. The molecule has 1 heterocycles. The first-order valence-electron chi connectivity index (χ1n) is 7.35. The Bertz CT molecular complexity index is 425. The van der Waals surface area contributed by atoms with E-state index in [-0.39, 0.29) is 11.9 Å². The fourth-order valence-corrected chi connectivity index (χ4v) is 2.55. The maximum atomic E-state index is 12.2. The third-order valence-electron chi connectivity index (χ3n) is 3.94. The summed E-state index contributed by atoms with van der Waals surface area (Å²) >= 11 is 0. The molecule has 1 saturated heterocycles. The van der Waals surface area contributed by atoms with E-state index in [1.807, 2.05) is 31.2 Å². The van der Waals surface area contributed by atoms with Crippen molar-refractivity contribution < 1.29 is 9.53 Å². The van der Waals surface area contributed by atoms with Gasteiger partial charge in [-0.2, -0.15) is 0 Å². The highest BCUT2D eigenvalue weighted by molar-refractivity contribution is 5.81. The molecule has 0 radical (unpaired) electrons. The monoisotopic (exact) mass is 276 g/mol. The highest BCUT2D eigenvalue weighted by Gasteiger charge is 2.22. The molecule has 4 nitrogen and oxygen atoms in total. The molecule has 0 aromatic heterocycles. The molecule has 1 N–H and O–H groups in total. The SMILES string of the molecule is COc1ccc(CNC(=O)[C@H](C)N2CCCCC2)cc1. The molecule has 0 saturated carbocycles. The van der Waals surface area contributed by atoms with E-state index in [0.29, 0.717) is 6.54 Å². The van der Waals surface area contributed by atoms with Crippen LogP contribution in [-0.2, 0) is 11.3 Å². The minimum Gasteiger partial charge on any atom is -0.497 e. The van der Waals surface area contributed by atoms with Crippen LogP contribution < -0.4 is 10.1 Å². The first-order chi connectivity index (χ1) is 9.70. The number of ether oxygens (including phenoxy) is 1. The molecule has 0 unspecified atom stereocenters. The van der Waals surface area contributed by atoms with Gasteiger partial charge in [0.05, 0.1) is 13.2 Å². The molecule has 1 atom stereocenters. The number of methoxy groups -OCH3 is 1. The molecule has 1 fully saturated rings. The van der Waals surface area contributed by atoms with Gasteiger partial charge in [0.2, 0.25) is 5.91 Å². The average molecular weight is 276 g/mol. The Morgan fingerprint density at radius 2 is 1.90 bits per heavy atom. The summed E-state index contributed by atoms with van der Waals surface area (Å²) in [6, 6.07) is 7.74. The van der Waals surface area contributed by atoms with Crippen LogP contribution in [0.1, 0.15) is 31.7 Å². The first-order valence-corrected chi connectivity index (χ1v) is 7.35. The molecular weight excluding hydrogens is 252 g/mol. The second-order valence-electron chi connectivity index (χ2n) is 5.34. The Morgan fingerprint density at radius 3 is 2.50 bits per heavy atom. The molecule has 0 aliphatic carbocycles. The number of hydrogen-bond acceptors (Lipinski definition) is 3. The van der Waals surface area contributed by atoms with Crippen molar-refractivity contribution in [1.82, 2.24) is 10.2 Å². The maximum absolute atomic E-state index is 12.2. The van der Waals surface area contributed by atoms with Gasteiger partial charge < -0.3 is 10.1 Å². The van der Waals surface area contributed by atoms with E-state index in [4.69, 9.17) is 4.74 Å². The van der Waals surface area contributed by atoms with Crippen molar-refractivity contribution in [3.63, 3.8) is 0 Å². The molecule has 1 aliphatic heterocycles. The van der Waals surface area contributed by atoms with E-state index in [0.717, 1.165) is 24.4 Å². The smallest absolute Gasteiger partial charge is 0.237 e. The van der Waals surface area contributed by atoms with Gasteiger partial charge in [-0.3, -0.25) is 9.69 Å². The lowest BCUT2D eigenvalue weighted by atomic mass is 10.1. The van der Waals surface area contributed by atoms with Crippen LogP contribution in [0.2, 0.25) is 0 Å². The van der Waals surface area contributed by atoms with E-state index in [9.17, 15) is 4.79 Å². The quantitative estimate of drug-likeness (QED) is 0.896. The van der Waals surface area contributed by atoms with E-state index in [2.05, 4.69) is 10.2 Å². The number of amides is 1. The van der Waals surface area contributed by atoms with Gasteiger partial charge in [-0.15, -0.1) is 0 Å². The number of nitrogens with one attached hydrogen (secondary N) is 1. The number of carbonyl (C=O) groups excluding carboxylic acids is 1. The van der Waals surface area contributed by atoms with Crippen LogP contribution in [0.3, 0.4) is 0 Å². The van der Waals surface area contributed by atoms with Crippen molar-refractivity contribution in [2.75, 3.05) is 20.2 Å². The maximum Gasteiger partial charge on any atom is 0.237 e. The Labute approximate surface area is 121 Å². The van der Waals surface area contributed by atoms with Gasteiger partial charge in [-0.05, 0) is 50.6 Å². The van der Waals surface area contributed by atoms with Gasteiger partial charge in [0.1, 0.15) is 5.75 Å². The Balaban J connectivity index is 1.81. The van der Waals surface area contributed by atoms with E-state index in [1.54, 1.807) is 7.11 Å². The fourth-order valence-electron chi connectivity index (χ4n) is 2.55. The van der Waals surface area contributed by atoms with Crippen molar-refractivity contribution in [3.05, 3.63) is 29.8 Å². The molecule has 0 bridgehead atoms. The van der Waals surface area contributed by atoms with Crippen molar-refractivity contribution in [2.24, 2.45) is 0 Å². The molecule has 1 amide bonds. The number of hydrogen-bond donors (Lipinski definition) is 1. The van der Waals surface area contributed by atoms with Crippen LogP contribution in [0, 0.1) is 0 Å². The van der Waals surface area contributed by atoms with Crippen LogP contribution in [0.25, 0.3) is 0 Å². The van der Waals surface area contributed by atoms with Gasteiger partial charge in [-0.25, -0.2) is 0 Å². The highest BCUT2D eigenvalue weighted by Crippen LogP contribution is 2.13. The Kier molecular flexibility index (Phi) is 5.41. The van der Waals surface area contributed by atoms with Crippen LogP contribution >= 0.6 is 0 Å². The average Bonchev–Trinajstić information content (AvgIpc) is 2.53. The summed E-state index contributed by atoms with van der Waals surface area (Å²) in [5.74, 6) is 0.949. The Morgan fingerprint density at radius 1 is 1.25 bits per heavy atom. The van der Waals surface area contributed by atoms with Crippen molar-refractivity contribution in [2.45, 2.75) is 38.8 Å². The number of carbonyl (C=O) groups is 1. The minimum absolute atomic E-state index is 0.0338. The third kappa shape index (κ3) is 3.97. The second-order valence-corrected chi connectivity index (χ2v) is 5.34. The molecule has 20 heavy (non-hydrogen) atoms. The van der Waals surface area contributed by atoms with Gasteiger partial charge in [-0.1, -0.05) is 18.6 Å². The highest BCUT2D eigenvalue weighted by atomic mass is 16.5. The zero-order chi connectivity index (χ0) is 14.4. The van der Waals surface area contributed by atoms with Gasteiger partial charge in [0, 0.05) is 6.54 Å². The van der Waals surface area contributed by atoms with Crippen molar-refractivity contribution in [1.29, 1.82) is 0 Å². The van der Waals surface area contributed by atoms with Crippen molar-refractivity contribution in [3.8, 4) is 5.75 Å². The number of nitrogens with zero attached hydrogens (tertiary/aromatic N) is 1. The molecule has 1 aromatic carbocycles. The summed E-state index contributed by atoms with van der Waals surface area (Å²) < 4.78 is 5.12. The predicted octanol–water partition coefficient (Wildman–Crippen LogP) is 2.19. The lowest BCUT2D eigenvalue weighted by molar-refractivity contribution is -0.126. The lowest BCUT2D eigenvalue weighted by Crippen LogP contribution is -2.46. The normalized spacial score (nSPS) is 17.5. The van der Waals surface area contributed by atoms with E-state index < -0.39 is 0 Å². The zero-order valence-corrected chi connectivity index (χ0v) is 12.4. The van der Waals surface area contributed by atoms with Crippen LogP contribution in [-0.4, -0.2) is 37.0 Å². The number of likely N-dealkylation sites (tertiary alicyclic amines) is 1. The van der Waals surface area contributed by atoms with Gasteiger partial charge in [0.15, 0.2) is 0 Å².